The molecule has 0 fully saturated rings. The van der Waals surface area contributed by atoms with Gasteiger partial charge in [0.1, 0.15) is 5.82 Å². The van der Waals surface area contributed by atoms with Gasteiger partial charge in [0.05, 0.1) is 11.1 Å². The number of hydrogen-bond acceptors (Lipinski definition) is 4. The first-order chi connectivity index (χ1) is 14.7. The van der Waals surface area contributed by atoms with E-state index in [2.05, 4.69) is 15.3 Å². The Kier molecular flexibility index (Phi) is 5.14. The highest BCUT2D eigenvalue weighted by Gasteiger charge is 2.57. The Morgan fingerprint density at radius 3 is 2.55 bits per heavy atom. The fourth-order valence-corrected chi connectivity index (χ4v) is 3.70. The number of benzene rings is 2. The van der Waals surface area contributed by atoms with Gasteiger partial charge in [0.15, 0.2) is 0 Å². The summed E-state index contributed by atoms with van der Waals surface area (Å²) in [5, 5.41) is 15.4. The van der Waals surface area contributed by atoms with Crippen molar-refractivity contribution >= 4 is 27.6 Å². The zero-order valence-corrected chi connectivity index (χ0v) is 16.5. The minimum atomic E-state index is -4.96. The number of aliphatic hydroxyl groups is 1. The van der Waals surface area contributed by atoms with E-state index >= 15 is 0 Å². The number of halogens is 3. The number of amides is 1. The van der Waals surface area contributed by atoms with Crippen LogP contribution in [-0.4, -0.2) is 38.3 Å². The van der Waals surface area contributed by atoms with Crippen LogP contribution < -0.4 is 5.32 Å². The zero-order valence-electron chi connectivity index (χ0n) is 16.5. The molecular weight excluding hydrogens is 409 g/mol. The van der Waals surface area contributed by atoms with Gasteiger partial charge in [0.25, 0.3) is 5.91 Å². The average Bonchev–Trinajstić information content (AvgIpc) is 3.18. The molecule has 0 radical (unpaired) electrons. The average molecular weight is 428 g/mol. The third kappa shape index (κ3) is 3.61. The van der Waals surface area contributed by atoms with Crippen LogP contribution in [-0.2, 0) is 12.6 Å². The van der Waals surface area contributed by atoms with Crippen LogP contribution in [0.4, 0.5) is 13.2 Å². The van der Waals surface area contributed by atoms with E-state index in [0.717, 1.165) is 20.7 Å². The van der Waals surface area contributed by atoms with Crippen LogP contribution in [0.5, 0.6) is 0 Å². The molecule has 0 aliphatic carbocycles. The molecule has 0 aliphatic heterocycles. The van der Waals surface area contributed by atoms with Crippen LogP contribution in [0.1, 0.15) is 22.6 Å². The van der Waals surface area contributed by atoms with Gasteiger partial charge in [-0.3, -0.25) is 9.78 Å². The minimum absolute atomic E-state index is 0.252. The van der Waals surface area contributed by atoms with Gasteiger partial charge in [0, 0.05) is 44.0 Å². The summed E-state index contributed by atoms with van der Waals surface area (Å²) in [6.07, 6.45) is -1.70. The van der Waals surface area contributed by atoms with Gasteiger partial charge in [-0.25, -0.2) is 4.98 Å². The quantitative estimate of drug-likeness (QED) is 0.475. The normalized spacial score (nSPS) is 14.0. The lowest BCUT2D eigenvalue weighted by molar-refractivity contribution is -0.272. The molecule has 0 saturated heterocycles. The number of imidazole rings is 1. The second-order valence-corrected chi connectivity index (χ2v) is 7.27. The molecule has 0 spiro atoms. The van der Waals surface area contributed by atoms with Crippen LogP contribution >= 0.6 is 0 Å². The van der Waals surface area contributed by atoms with Crippen LogP contribution in [0.2, 0.25) is 0 Å². The van der Waals surface area contributed by atoms with Crippen molar-refractivity contribution in [2.24, 2.45) is 7.05 Å². The SMILES string of the molecule is Cn1ccnc1C(O)(CCNC(=O)c1cc2ccccc2c2cccnc12)C(F)(F)F. The Morgan fingerprint density at radius 1 is 1.10 bits per heavy atom. The number of aromatic nitrogens is 3. The Labute approximate surface area is 175 Å². The zero-order chi connectivity index (χ0) is 22.2. The second-order valence-electron chi connectivity index (χ2n) is 7.27. The number of nitrogens with one attached hydrogen (secondary N) is 1. The Balaban J connectivity index is 1.62. The molecule has 2 aromatic carbocycles. The minimum Gasteiger partial charge on any atom is -0.374 e. The summed E-state index contributed by atoms with van der Waals surface area (Å²) in [5.41, 5.74) is -2.49. The summed E-state index contributed by atoms with van der Waals surface area (Å²) in [6, 6.07) is 12.7. The van der Waals surface area contributed by atoms with Gasteiger partial charge in [-0.1, -0.05) is 30.3 Å². The van der Waals surface area contributed by atoms with Crippen molar-refractivity contribution in [3.8, 4) is 0 Å². The monoisotopic (exact) mass is 428 g/mol. The molecule has 2 heterocycles. The number of alkyl halides is 3. The highest BCUT2D eigenvalue weighted by molar-refractivity contribution is 6.15. The van der Waals surface area contributed by atoms with Gasteiger partial charge < -0.3 is 15.0 Å². The molecule has 1 atom stereocenters. The van der Waals surface area contributed by atoms with Crippen LogP contribution in [0.3, 0.4) is 0 Å². The Morgan fingerprint density at radius 2 is 1.84 bits per heavy atom. The third-order valence-electron chi connectivity index (χ3n) is 5.29. The van der Waals surface area contributed by atoms with Gasteiger partial charge in [-0.2, -0.15) is 13.2 Å². The Bertz CT molecular complexity index is 1270. The van der Waals surface area contributed by atoms with E-state index in [1.807, 2.05) is 30.3 Å². The van der Waals surface area contributed by atoms with E-state index in [9.17, 15) is 23.1 Å². The summed E-state index contributed by atoms with van der Waals surface area (Å²) >= 11 is 0. The maximum Gasteiger partial charge on any atom is 0.424 e. The number of aryl methyl sites for hydroxylation is 1. The highest BCUT2D eigenvalue weighted by atomic mass is 19.4. The molecule has 1 unspecified atom stereocenters. The highest BCUT2D eigenvalue weighted by Crippen LogP contribution is 2.40. The number of fused-ring (bicyclic) bond motifs is 3. The van der Waals surface area contributed by atoms with Gasteiger partial charge in [-0.05, 0) is 22.9 Å². The molecular formula is C22H19F3N4O2. The van der Waals surface area contributed by atoms with E-state index in [1.165, 1.54) is 19.4 Å². The molecule has 160 valence electrons. The maximum atomic E-state index is 13.7. The first kappa shape index (κ1) is 20.8. The molecule has 2 aromatic heterocycles. The van der Waals surface area contributed by atoms with Gasteiger partial charge in [0.2, 0.25) is 5.60 Å². The first-order valence-electron chi connectivity index (χ1n) is 9.54. The predicted molar refractivity (Wildman–Crippen MR) is 109 cm³/mol. The molecule has 0 bridgehead atoms. The fraction of sp³-hybridized carbons (Fsp3) is 0.227. The van der Waals surface area contributed by atoms with E-state index < -0.39 is 36.5 Å². The second kappa shape index (κ2) is 7.66. The van der Waals surface area contributed by atoms with E-state index in [-0.39, 0.29) is 5.56 Å². The number of carbonyl (C=O) groups is 1. The summed E-state index contributed by atoms with van der Waals surface area (Å²) in [6.45, 7) is -0.414. The maximum absolute atomic E-state index is 13.7. The molecule has 2 N–H and O–H groups in total. The van der Waals surface area contributed by atoms with E-state index in [0.29, 0.717) is 5.52 Å². The summed E-state index contributed by atoms with van der Waals surface area (Å²) < 4.78 is 42.1. The van der Waals surface area contributed by atoms with Gasteiger partial charge in [-0.15, -0.1) is 0 Å². The summed E-state index contributed by atoms with van der Waals surface area (Å²) in [5.74, 6) is -1.11. The number of carbonyl (C=O) groups excluding carboxylic acids is 1. The number of nitrogens with zero attached hydrogens (tertiary/aromatic N) is 3. The predicted octanol–water partition coefficient (Wildman–Crippen LogP) is 3.69. The van der Waals surface area contributed by atoms with Crippen LogP contribution in [0.15, 0.2) is 61.1 Å². The molecule has 6 nitrogen and oxygen atoms in total. The van der Waals surface area contributed by atoms with E-state index in [4.69, 9.17) is 0 Å². The smallest absolute Gasteiger partial charge is 0.374 e. The van der Waals surface area contributed by atoms with Crippen LogP contribution in [0, 0.1) is 0 Å². The van der Waals surface area contributed by atoms with Crippen molar-refractivity contribution in [2.75, 3.05) is 6.54 Å². The Hall–Kier alpha value is -3.46. The molecule has 31 heavy (non-hydrogen) atoms. The number of hydrogen-bond donors (Lipinski definition) is 2. The fourth-order valence-electron chi connectivity index (χ4n) is 3.70. The van der Waals surface area contributed by atoms with Crippen molar-refractivity contribution in [2.45, 2.75) is 18.2 Å². The molecule has 9 heteroatoms. The number of pyridine rings is 1. The lowest BCUT2D eigenvalue weighted by Gasteiger charge is -2.30. The van der Waals surface area contributed by atoms with Crippen molar-refractivity contribution in [1.29, 1.82) is 0 Å². The van der Waals surface area contributed by atoms with Crippen molar-refractivity contribution < 1.29 is 23.1 Å². The third-order valence-corrected chi connectivity index (χ3v) is 5.29. The molecule has 0 aliphatic rings. The molecule has 1 amide bonds. The van der Waals surface area contributed by atoms with Crippen molar-refractivity contribution in [3.05, 3.63) is 72.4 Å². The largest absolute Gasteiger partial charge is 0.424 e. The van der Waals surface area contributed by atoms with Crippen LogP contribution in [0.25, 0.3) is 21.7 Å². The van der Waals surface area contributed by atoms with E-state index in [1.54, 1.807) is 18.3 Å². The number of rotatable bonds is 5. The topological polar surface area (TPSA) is 80.0 Å². The lowest BCUT2D eigenvalue weighted by Crippen LogP contribution is -2.46. The summed E-state index contributed by atoms with van der Waals surface area (Å²) in [7, 11) is 1.37. The summed E-state index contributed by atoms with van der Waals surface area (Å²) in [4.78, 5) is 20.8. The first-order valence-corrected chi connectivity index (χ1v) is 9.54. The van der Waals surface area contributed by atoms with Crippen molar-refractivity contribution in [3.63, 3.8) is 0 Å². The molecule has 0 saturated carbocycles. The molecule has 4 aromatic rings. The van der Waals surface area contributed by atoms with Gasteiger partial charge >= 0.3 is 6.18 Å². The lowest BCUT2D eigenvalue weighted by atomic mass is 9.97. The standard InChI is InChI=1S/C22H19F3N4O2/c1-29-12-11-28-20(29)21(31,22(23,24)25)8-10-27-19(30)17-13-14-5-2-3-6-15(14)16-7-4-9-26-18(16)17/h2-7,9,11-13,31H,8,10H2,1H3,(H,27,30). The molecule has 4 rings (SSSR count). The van der Waals surface area contributed by atoms with Crippen molar-refractivity contribution in [1.82, 2.24) is 19.9 Å².